The summed E-state index contributed by atoms with van der Waals surface area (Å²) in [7, 11) is 0. The van der Waals surface area contributed by atoms with Crippen LogP contribution in [-0.2, 0) is 6.54 Å². The van der Waals surface area contributed by atoms with E-state index in [9.17, 15) is 18.3 Å². The van der Waals surface area contributed by atoms with E-state index in [4.69, 9.17) is 4.42 Å². The van der Waals surface area contributed by atoms with Crippen LogP contribution in [0.5, 0.6) is 0 Å². The lowest BCUT2D eigenvalue weighted by Gasteiger charge is -2.12. The van der Waals surface area contributed by atoms with Crippen LogP contribution in [0, 0.1) is 12.7 Å². The number of aliphatic hydroxyl groups is 1. The van der Waals surface area contributed by atoms with E-state index in [1.54, 1.807) is 12.4 Å². The Labute approximate surface area is 196 Å². The first kappa shape index (κ1) is 22.5. The van der Waals surface area contributed by atoms with Gasteiger partial charge in [-0.25, -0.2) is 19.3 Å². The summed E-state index contributed by atoms with van der Waals surface area (Å²) >= 11 is 0. The van der Waals surface area contributed by atoms with Crippen LogP contribution in [0.4, 0.5) is 24.8 Å². The van der Waals surface area contributed by atoms with Gasteiger partial charge in [0, 0.05) is 30.2 Å². The van der Waals surface area contributed by atoms with E-state index in [-0.39, 0.29) is 29.8 Å². The molecule has 0 saturated heterocycles. The van der Waals surface area contributed by atoms with E-state index >= 15 is 0 Å². The SMILES string of the molecule is Cc1cc(F)ccc1-c1cc(Nc2ncc(-c3nnc(C(F)F)o3)cn2)cc2c1ncn2CCO. The Morgan fingerprint density at radius 2 is 1.86 bits per heavy atom. The maximum Gasteiger partial charge on any atom is 0.314 e. The highest BCUT2D eigenvalue weighted by Crippen LogP contribution is 2.34. The van der Waals surface area contributed by atoms with Crippen molar-refractivity contribution >= 4 is 22.7 Å². The van der Waals surface area contributed by atoms with Crippen molar-refractivity contribution in [2.45, 2.75) is 19.9 Å². The van der Waals surface area contributed by atoms with Crippen molar-refractivity contribution in [2.75, 3.05) is 11.9 Å². The topological polar surface area (TPSA) is 115 Å². The maximum atomic E-state index is 13.7. The standard InChI is InChI=1S/C23H18F3N7O2/c1-12-6-14(24)2-3-16(12)17-7-15(8-18-19(17)29-11-33(18)4-5-34)30-23-27-9-13(10-28-23)21-31-32-22(35-21)20(25)26/h2-3,6-11,20,34H,4-5H2,1H3,(H,27,28,30). The Balaban J connectivity index is 1.51. The fourth-order valence-electron chi connectivity index (χ4n) is 3.73. The number of hydrogen-bond acceptors (Lipinski definition) is 8. The molecule has 35 heavy (non-hydrogen) atoms. The normalized spacial score (nSPS) is 11.5. The zero-order chi connectivity index (χ0) is 24.5. The molecule has 0 saturated carbocycles. The molecule has 2 N–H and O–H groups in total. The number of alkyl halides is 2. The van der Waals surface area contributed by atoms with E-state index in [1.807, 2.05) is 23.6 Å². The van der Waals surface area contributed by atoms with E-state index in [0.29, 0.717) is 17.7 Å². The van der Waals surface area contributed by atoms with Crippen molar-refractivity contribution in [2.24, 2.45) is 0 Å². The molecule has 0 aliphatic rings. The summed E-state index contributed by atoms with van der Waals surface area (Å²) in [5.74, 6) is -0.997. The molecule has 0 atom stereocenters. The van der Waals surface area contributed by atoms with Crippen LogP contribution in [0.25, 0.3) is 33.6 Å². The number of halogens is 3. The second-order valence-corrected chi connectivity index (χ2v) is 7.68. The molecule has 0 fully saturated rings. The van der Waals surface area contributed by atoms with Gasteiger partial charge >= 0.3 is 6.43 Å². The van der Waals surface area contributed by atoms with Crippen molar-refractivity contribution in [1.29, 1.82) is 0 Å². The molecule has 2 aromatic carbocycles. The van der Waals surface area contributed by atoms with Gasteiger partial charge in [-0.05, 0) is 42.3 Å². The van der Waals surface area contributed by atoms with E-state index in [1.165, 1.54) is 24.5 Å². The molecular formula is C23H18F3N7O2. The third kappa shape index (κ3) is 4.43. The zero-order valence-corrected chi connectivity index (χ0v) is 18.3. The van der Waals surface area contributed by atoms with Crippen LogP contribution in [0.15, 0.2) is 53.5 Å². The van der Waals surface area contributed by atoms with Crippen LogP contribution in [-0.4, -0.2) is 41.4 Å². The molecule has 0 radical (unpaired) electrons. The molecule has 0 aliphatic carbocycles. The second-order valence-electron chi connectivity index (χ2n) is 7.68. The first-order chi connectivity index (χ1) is 16.9. The summed E-state index contributed by atoms with van der Waals surface area (Å²) < 4.78 is 45.8. The Morgan fingerprint density at radius 3 is 2.54 bits per heavy atom. The summed E-state index contributed by atoms with van der Waals surface area (Å²) in [4.78, 5) is 12.9. The highest BCUT2D eigenvalue weighted by Gasteiger charge is 2.18. The van der Waals surface area contributed by atoms with Crippen LogP contribution < -0.4 is 5.32 Å². The third-order valence-electron chi connectivity index (χ3n) is 5.33. The van der Waals surface area contributed by atoms with Gasteiger partial charge in [-0.2, -0.15) is 8.78 Å². The van der Waals surface area contributed by atoms with Gasteiger partial charge in [-0.3, -0.25) is 0 Å². The summed E-state index contributed by atoms with van der Waals surface area (Å²) in [6.07, 6.45) is 1.51. The number of aromatic nitrogens is 6. The summed E-state index contributed by atoms with van der Waals surface area (Å²) in [6, 6.07) is 8.22. The first-order valence-corrected chi connectivity index (χ1v) is 10.5. The highest BCUT2D eigenvalue weighted by atomic mass is 19.3. The van der Waals surface area contributed by atoms with Gasteiger partial charge in [0.15, 0.2) is 0 Å². The molecule has 0 spiro atoms. The predicted molar refractivity (Wildman–Crippen MR) is 121 cm³/mol. The average molecular weight is 481 g/mol. The summed E-state index contributed by atoms with van der Waals surface area (Å²) in [5, 5.41) is 19.4. The van der Waals surface area contributed by atoms with Crippen molar-refractivity contribution in [3.8, 4) is 22.6 Å². The number of nitrogens with zero attached hydrogens (tertiary/aromatic N) is 6. The van der Waals surface area contributed by atoms with Crippen molar-refractivity contribution in [3.63, 3.8) is 0 Å². The molecule has 3 heterocycles. The molecule has 0 unspecified atom stereocenters. The Hall–Kier alpha value is -4.32. The molecule has 9 nitrogen and oxygen atoms in total. The Bertz CT molecular complexity index is 1500. The molecular weight excluding hydrogens is 463 g/mol. The molecule has 12 heteroatoms. The zero-order valence-electron chi connectivity index (χ0n) is 18.3. The number of benzene rings is 2. The van der Waals surface area contributed by atoms with Crippen LogP contribution in [0.2, 0.25) is 0 Å². The van der Waals surface area contributed by atoms with Gasteiger partial charge in [0.05, 0.1) is 29.5 Å². The van der Waals surface area contributed by atoms with Crippen molar-refractivity contribution in [1.82, 2.24) is 29.7 Å². The number of imidazole rings is 1. The fraction of sp³-hybridized carbons (Fsp3) is 0.174. The Kier molecular flexibility index (Phi) is 5.87. The average Bonchev–Trinajstić information content (AvgIpc) is 3.48. The lowest BCUT2D eigenvalue weighted by molar-refractivity contribution is 0.116. The molecule has 0 aliphatic heterocycles. The number of hydrogen-bond donors (Lipinski definition) is 2. The monoisotopic (exact) mass is 481 g/mol. The maximum absolute atomic E-state index is 13.7. The molecule has 5 aromatic rings. The number of fused-ring (bicyclic) bond motifs is 1. The highest BCUT2D eigenvalue weighted by molar-refractivity contribution is 5.96. The van der Waals surface area contributed by atoms with E-state index in [0.717, 1.165) is 22.2 Å². The number of aryl methyl sites for hydroxylation is 1. The quantitative estimate of drug-likeness (QED) is 0.345. The minimum absolute atomic E-state index is 0.0679. The predicted octanol–water partition coefficient (Wildman–Crippen LogP) is 4.66. The van der Waals surface area contributed by atoms with E-state index in [2.05, 4.69) is 30.5 Å². The van der Waals surface area contributed by atoms with Crippen LogP contribution >= 0.6 is 0 Å². The molecule has 5 rings (SSSR count). The minimum Gasteiger partial charge on any atom is -0.415 e. The van der Waals surface area contributed by atoms with Crippen LogP contribution in [0.3, 0.4) is 0 Å². The molecule has 0 amide bonds. The number of anilines is 2. The first-order valence-electron chi connectivity index (χ1n) is 10.5. The lowest BCUT2D eigenvalue weighted by Crippen LogP contribution is -2.02. The van der Waals surface area contributed by atoms with Gasteiger partial charge in [-0.15, -0.1) is 10.2 Å². The molecule has 3 aromatic heterocycles. The van der Waals surface area contributed by atoms with Crippen molar-refractivity contribution < 1.29 is 22.7 Å². The number of nitrogens with one attached hydrogen (secondary N) is 1. The fourth-order valence-corrected chi connectivity index (χ4v) is 3.73. The van der Waals surface area contributed by atoms with Gasteiger partial charge in [0.1, 0.15) is 5.82 Å². The molecule has 178 valence electrons. The largest absolute Gasteiger partial charge is 0.415 e. The smallest absolute Gasteiger partial charge is 0.314 e. The Morgan fingerprint density at radius 1 is 1.06 bits per heavy atom. The lowest BCUT2D eigenvalue weighted by atomic mass is 9.98. The van der Waals surface area contributed by atoms with Crippen molar-refractivity contribution in [3.05, 3.63) is 66.3 Å². The van der Waals surface area contributed by atoms with Gasteiger partial charge in [0.2, 0.25) is 5.95 Å². The third-order valence-corrected chi connectivity index (χ3v) is 5.33. The minimum atomic E-state index is -2.87. The van der Waals surface area contributed by atoms with Gasteiger partial charge < -0.3 is 19.4 Å². The van der Waals surface area contributed by atoms with Gasteiger partial charge in [0.25, 0.3) is 11.8 Å². The summed E-state index contributed by atoms with van der Waals surface area (Å²) in [6.45, 7) is 2.09. The van der Waals surface area contributed by atoms with Gasteiger partial charge in [-0.1, -0.05) is 6.07 Å². The number of aliphatic hydroxyl groups excluding tert-OH is 1. The van der Waals surface area contributed by atoms with Crippen LogP contribution in [0.1, 0.15) is 17.9 Å². The van der Waals surface area contributed by atoms with E-state index < -0.39 is 12.3 Å². The summed E-state index contributed by atoms with van der Waals surface area (Å²) in [5.41, 5.74) is 4.67. The molecule has 0 bridgehead atoms. The second kappa shape index (κ2) is 9.14. The number of rotatable bonds is 7.